The Morgan fingerprint density at radius 1 is 0.882 bits per heavy atom. The van der Waals surface area contributed by atoms with Crippen LogP contribution in [0.2, 0.25) is 0 Å². The monoisotopic (exact) mass is 264 g/mol. The third kappa shape index (κ3) is 7.77. The minimum atomic E-state index is -3.33. The standard InChI is InChI=1S/C13H28O3S/c1-4-7-9-11-13(12-10-8-5-2)17(14,15)16-6-3/h13H,4-12H2,1-3H3. The zero-order valence-electron chi connectivity index (χ0n) is 11.6. The second kappa shape index (κ2) is 9.89. The molecule has 0 heterocycles. The van der Waals surface area contributed by atoms with Gasteiger partial charge in [0, 0.05) is 0 Å². The molecule has 0 atom stereocenters. The zero-order valence-corrected chi connectivity index (χ0v) is 12.4. The van der Waals surface area contributed by atoms with Crippen molar-refractivity contribution in [3.05, 3.63) is 0 Å². The molecule has 0 amide bonds. The first kappa shape index (κ1) is 16.9. The van der Waals surface area contributed by atoms with E-state index in [1.165, 1.54) is 0 Å². The van der Waals surface area contributed by atoms with Gasteiger partial charge in [-0.2, -0.15) is 8.42 Å². The van der Waals surface area contributed by atoms with Crippen LogP contribution in [0.4, 0.5) is 0 Å². The highest BCUT2D eigenvalue weighted by Gasteiger charge is 2.24. The molecular formula is C13H28O3S. The maximum Gasteiger partial charge on any atom is 0.270 e. The summed E-state index contributed by atoms with van der Waals surface area (Å²) in [4.78, 5) is 0. The van der Waals surface area contributed by atoms with E-state index in [0.29, 0.717) is 0 Å². The molecule has 0 radical (unpaired) electrons. The van der Waals surface area contributed by atoms with E-state index in [1.54, 1.807) is 6.92 Å². The molecule has 0 saturated heterocycles. The van der Waals surface area contributed by atoms with E-state index >= 15 is 0 Å². The highest BCUT2D eigenvalue weighted by molar-refractivity contribution is 7.87. The third-order valence-electron chi connectivity index (χ3n) is 2.95. The molecule has 0 N–H and O–H groups in total. The Hall–Kier alpha value is -0.0900. The molecule has 0 aliphatic rings. The van der Waals surface area contributed by atoms with Gasteiger partial charge < -0.3 is 0 Å². The normalized spacial score (nSPS) is 12.2. The van der Waals surface area contributed by atoms with Gasteiger partial charge in [0.1, 0.15) is 0 Å². The summed E-state index contributed by atoms with van der Waals surface area (Å²) in [7, 11) is -3.33. The van der Waals surface area contributed by atoms with Crippen molar-refractivity contribution in [1.82, 2.24) is 0 Å². The topological polar surface area (TPSA) is 43.4 Å². The smallest absolute Gasteiger partial charge is 0.270 e. The van der Waals surface area contributed by atoms with Gasteiger partial charge in [-0.15, -0.1) is 0 Å². The molecule has 0 rings (SSSR count). The first-order chi connectivity index (χ1) is 8.08. The van der Waals surface area contributed by atoms with Gasteiger partial charge in [-0.1, -0.05) is 52.4 Å². The summed E-state index contributed by atoms with van der Waals surface area (Å²) in [5.74, 6) is 0. The summed E-state index contributed by atoms with van der Waals surface area (Å²) in [5, 5.41) is -0.291. The zero-order chi connectivity index (χ0) is 13.1. The van der Waals surface area contributed by atoms with Crippen molar-refractivity contribution in [3.8, 4) is 0 Å². The van der Waals surface area contributed by atoms with Gasteiger partial charge in [0.15, 0.2) is 0 Å². The Bertz CT molecular complexity index is 250. The van der Waals surface area contributed by atoms with E-state index in [0.717, 1.165) is 51.4 Å². The summed E-state index contributed by atoms with van der Waals surface area (Å²) in [6, 6.07) is 0. The minimum absolute atomic E-state index is 0.250. The molecule has 0 bridgehead atoms. The van der Waals surface area contributed by atoms with Crippen LogP contribution in [0.25, 0.3) is 0 Å². The number of rotatable bonds is 11. The van der Waals surface area contributed by atoms with Crippen LogP contribution >= 0.6 is 0 Å². The summed E-state index contributed by atoms with van der Waals surface area (Å²) in [6.07, 6.45) is 7.92. The average molecular weight is 264 g/mol. The van der Waals surface area contributed by atoms with Gasteiger partial charge in [-0.3, -0.25) is 4.18 Å². The van der Waals surface area contributed by atoms with Crippen LogP contribution < -0.4 is 0 Å². The fourth-order valence-electron chi connectivity index (χ4n) is 1.94. The van der Waals surface area contributed by atoms with Gasteiger partial charge in [-0.25, -0.2) is 0 Å². The maximum atomic E-state index is 11.9. The SMILES string of the molecule is CCCCCC(CCCCC)S(=O)(=O)OCC. The number of hydrogen-bond donors (Lipinski definition) is 0. The maximum absolute atomic E-state index is 11.9. The Morgan fingerprint density at radius 3 is 1.71 bits per heavy atom. The van der Waals surface area contributed by atoms with Crippen LogP contribution in [0.15, 0.2) is 0 Å². The number of unbranched alkanes of at least 4 members (excludes halogenated alkanes) is 4. The van der Waals surface area contributed by atoms with Crippen molar-refractivity contribution in [2.24, 2.45) is 0 Å². The Balaban J connectivity index is 4.27. The summed E-state index contributed by atoms with van der Waals surface area (Å²) in [6.45, 7) is 6.24. The quantitative estimate of drug-likeness (QED) is 0.420. The van der Waals surface area contributed by atoms with Gasteiger partial charge >= 0.3 is 0 Å². The Kier molecular flexibility index (Phi) is 9.84. The van der Waals surface area contributed by atoms with E-state index in [4.69, 9.17) is 4.18 Å². The Morgan fingerprint density at radius 2 is 1.35 bits per heavy atom. The molecule has 0 saturated carbocycles. The molecule has 0 aromatic heterocycles. The van der Waals surface area contributed by atoms with Crippen molar-refractivity contribution in [3.63, 3.8) is 0 Å². The Labute approximate surface area is 107 Å². The second-order valence-electron chi connectivity index (χ2n) is 4.51. The van der Waals surface area contributed by atoms with Crippen LogP contribution in [-0.4, -0.2) is 20.3 Å². The average Bonchev–Trinajstić information content (AvgIpc) is 2.27. The van der Waals surface area contributed by atoms with Crippen molar-refractivity contribution in [1.29, 1.82) is 0 Å². The van der Waals surface area contributed by atoms with E-state index in [2.05, 4.69) is 13.8 Å². The van der Waals surface area contributed by atoms with E-state index < -0.39 is 10.1 Å². The van der Waals surface area contributed by atoms with Crippen LogP contribution in [0, 0.1) is 0 Å². The fourth-order valence-corrected chi connectivity index (χ4v) is 3.37. The highest BCUT2D eigenvalue weighted by Crippen LogP contribution is 2.19. The van der Waals surface area contributed by atoms with Crippen molar-refractivity contribution in [2.75, 3.05) is 6.61 Å². The third-order valence-corrected chi connectivity index (χ3v) is 4.80. The van der Waals surface area contributed by atoms with Gasteiger partial charge in [0.25, 0.3) is 10.1 Å². The van der Waals surface area contributed by atoms with Crippen LogP contribution in [0.1, 0.15) is 72.1 Å². The molecule has 0 unspecified atom stereocenters. The van der Waals surface area contributed by atoms with E-state index in [-0.39, 0.29) is 11.9 Å². The van der Waals surface area contributed by atoms with Crippen LogP contribution in [-0.2, 0) is 14.3 Å². The first-order valence-electron chi connectivity index (χ1n) is 6.96. The minimum Gasteiger partial charge on any atom is -0.270 e. The lowest BCUT2D eigenvalue weighted by molar-refractivity contribution is 0.325. The molecule has 0 fully saturated rings. The molecule has 0 aliphatic carbocycles. The lowest BCUT2D eigenvalue weighted by atomic mass is 10.1. The first-order valence-corrected chi connectivity index (χ1v) is 8.43. The molecule has 4 heteroatoms. The van der Waals surface area contributed by atoms with Crippen LogP contribution in [0.3, 0.4) is 0 Å². The van der Waals surface area contributed by atoms with Crippen molar-refractivity contribution < 1.29 is 12.6 Å². The van der Waals surface area contributed by atoms with Gasteiger partial charge in [0.2, 0.25) is 0 Å². The fraction of sp³-hybridized carbons (Fsp3) is 1.00. The molecule has 3 nitrogen and oxygen atoms in total. The molecule has 104 valence electrons. The highest BCUT2D eigenvalue weighted by atomic mass is 32.2. The van der Waals surface area contributed by atoms with E-state index in [9.17, 15) is 8.42 Å². The predicted molar refractivity (Wildman–Crippen MR) is 72.6 cm³/mol. The molecule has 17 heavy (non-hydrogen) atoms. The predicted octanol–water partition coefficient (Wildman–Crippen LogP) is 3.88. The lowest BCUT2D eigenvalue weighted by Crippen LogP contribution is -2.23. The molecular weight excluding hydrogens is 236 g/mol. The second-order valence-corrected chi connectivity index (χ2v) is 6.40. The summed E-state index contributed by atoms with van der Waals surface area (Å²) >= 11 is 0. The molecule has 0 aromatic rings. The molecule has 0 aromatic carbocycles. The van der Waals surface area contributed by atoms with Gasteiger partial charge in [0.05, 0.1) is 11.9 Å². The van der Waals surface area contributed by atoms with Gasteiger partial charge in [-0.05, 0) is 19.8 Å². The van der Waals surface area contributed by atoms with Crippen LogP contribution in [0.5, 0.6) is 0 Å². The largest absolute Gasteiger partial charge is 0.270 e. The molecule has 0 spiro atoms. The molecule has 0 aliphatic heterocycles. The van der Waals surface area contributed by atoms with Crippen molar-refractivity contribution in [2.45, 2.75) is 77.4 Å². The van der Waals surface area contributed by atoms with Crippen molar-refractivity contribution >= 4 is 10.1 Å². The summed E-state index contributed by atoms with van der Waals surface area (Å²) < 4.78 is 28.7. The lowest BCUT2D eigenvalue weighted by Gasteiger charge is -2.16. The number of hydrogen-bond acceptors (Lipinski definition) is 3. The summed E-state index contributed by atoms with van der Waals surface area (Å²) in [5.41, 5.74) is 0. The van der Waals surface area contributed by atoms with E-state index in [1.807, 2.05) is 0 Å².